The zero-order valence-electron chi connectivity index (χ0n) is 34.2. The quantitative estimate of drug-likeness (QED) is 0.0364. The molecular weight excluding hydrogens is 864 g/mol. The van der Waals surface area contributed by atoms with E-state index >= 15 is 0 Å². The molecule has 0 saturated carbocycles. The minimum atomic E-state index is -1.55. The van der Waals surface area contributed by atoms with Gasteiger partial charge in [-0.2, -0.15) is 0 Å². The molecule has 3 aliphatic heterocycles. The Morgan fingerprint density at radius 2 is 1.12 bits per heavy atom. The number of carbonyl (C=O) groups excluding carboxylic acids is 7. The molecule has 0 spiro atoms. The average molecular weight is 901 g/mol. The van der Waals surface area contributed by atoms with Gasteiger partial charge in [-0.3, -0.25) is 50.7 Å². The minimum absolute atomic E-state index is 0.0980. The van der Waals surface area contributed by atoms with Crippen LogP contribution in [0.2, 0.25) is 0 Å². The Balaban J connectivity index is 1.22. The SMILES string of the molecule is CC(C)[C@H]1C(=O)N2C(C(=O)OC(=O)c3ccc([N+](=O)[O-])cc3)=C(CN3C[C@@H](O)[C@H](N=C(NC(=O)OC(=O)c4ccc([N+](=O)[O-])cc4)NC(=O)OC(=O)c4ccc([N+](=O)[O-])cc4)C3)[C@H](C)[C@H]12. The number of nitro benzene ring substituents is 3. The predicted octanol–water partition coefficient (Wildman–Crippen LogP) is 3.02. The summed E-state index contributed by atoms with van der Waals surface area (Å²) in [5.41, 5.74) is -1.62. The fraction of sp³-hybridized carbons (Fsp3) is 0.300. The third-order valence-corrected chi connectivity index (χ3v) is 10.7. The summed E-state index contributed by atoms with van der Waals surface area (Å²) in [4.78, 5) is 129. The second kappa shape index (κ2) is 19.0. The number of nitrogens with zero attached hydrogens (tertiary/aromatic N) is 6. The van der Waals surface area contributed by atoms with Crippen molar-refractivity contribution in [1.82, 2.24) is 20.4 Å². The lowest BCUT2D eigenvalue weighted by Gasteiger charge is -2.47. The number of rotatable bonds is 11. The van der Waals surface area contributed by atoms with Gasteiger partial charge in [-0.15, -0.1) is 0 Å². The second-order valence-electron chi connectivity index (χ2n) is 15.1. The lowest BCUT2D eigenvalue weighted by atomic mass is 9.74. The summed E-state index contributed by atoms with van der Waals surface area (Å²) in [6.07, 6.45) is -4.46. The summed E-state index contributed by atoms with van der Waals surface area (Å²) < 4.78 is 14.7. The first-order valence-corrected chi connectivity index (χ1v) is 19.3. The molecule has 6 rings (SSSR count). The normalized spacial score (nSPS) is 19.9. The van der Waals surface area contributed by atoms with Crippen molar-refractivity contribution in [3.05, 3.63) is 131 Å². The maximum absolute atomic E-state index is 13.7. The van der Waals surface area contributed by atoms with Gasteiger partial charge in [-0.05, 0) is 47.9 Å². The molecule has 25 heteroatoms. The van der Waals surface area contributed by atoms with E-state index in [0.717, 1.165) is 72.8 Å². The average Bonchev–Trinajstić information content (AvgIpc) is 3.72. The Labute approximate surface area is 365 Å². The highest BCUT2D eigenvalue weighted by atomic mass is 16.6. The lowest BCUT2D eigenvalue weighted by Crippen LogP contribution is -2.62. The van der Waals surface area contributed by atoms with E-state index in [9.17, 15) is 69.0 Å². The number of aliphatic imine (C=N–C) groups is 1. The molecule has 0 bridgehead atoms. The van der Waals surface area contributed by atoms with Gasteiger partial charge in [0.25, 0.3) is 17.1 Å². The molecule has 3 N–H and O–H groups in total. The molecule has 3 heterocycles. The van der Waals surface area contributed by atoms with Crippen molar-refractivity contribution >= 4 is 65.0 Å². The van der Waals surface area contributed by atoms with Crippen LogP contribution in [0.3, 0.4) is 0 Å². The molecule has 3 amide bonds. The molecule has 338 valence electrons. The van der Waals surface area contributed by atoms with Crippen LogP contribution in [-0.4, -0.2) is 115 Å². The number of non-ortho nitro benzene ring substituents is 3. The number of β-amino-alcohol motifs (C(OH)–C–C–N with tert-alkyl or cyclic N) is 1. The molecule has 0 radical (unpaired) electrons. The number of aliphatic hydroxyl groups is 1. The number of likely N-dealkylation sites (tertiary alicyclic amines) is 1. The van der Waals surface area contributed by atoms with E-state index in [2.05, 4.69) is 4.99 Å². The summed E-state index contributed by atoms with van der Waals surface area (Å²) in [5, 5.41) is 48.3. The Hall–Kier alpha value is -8.32. The number of fused-ring (bicyclic) bond motifs is 1. The number of esters is 4. The first-order valence-electron chi connectivity index (χ1n) is 19.3. The van der Waals surface area contributed by atoms with Gasteiger partial charge in [0, 0.05) is 62.0 Å². The van der Waals surface area contributed by atoms with E-state index < -0.39 is 86.8 Å². The van der Waals surface area contributed by atoms with E-state index in [1.54, 1.807) is 11.8 Å². The van der Waals surface area contributed by atoms with Crippen molar-refractivity contribution in [1.29, 1.82) is 0 Å². The fourth-order valence-corrected chi connectivity index (χ4v) is 7.52. The molecule has 3 aromatic rings. The van der Waals surface area contributed by atoms with Crippen LogP contribution in [0.4, 0.5) is 26.7 Å². The zero-order valence-corrected chi connectivity index (χ0v) is 34.2. The number of aliphatic hydroxyl groups excluding tert-OH is 1. The van der Waals surface area contributed by atoms with E-state index in [0.29, 0.717) is 5.57 Å². The molecule has 2 fully saturated rings. The molecule has 2 saturated heterocycles. The van der Waals surface area contributed by atoms with Crippen LogP contribution in [0.25, 0.3) is 0 Å². The smallest absolute Gasteiger partial charge is 0.390 e. The van der Waals surface area contributed by atoms with Crippen molar-refractivity contribution < 1.29 is 67.6 Å². The third kappa shape index (κ3) is 10.2. The molecule has 3 aromatic carbocycles. The van der Waals surface area contributed by atoms with Gasteiger partial charge >= 0.3 is 36.1 Å². The summed E-state index contributed by atoms with van der Waals surface area (Å²) in [6, 6.07) is 10.6. The van der Waals surface area contributed by atoms with E-state index in [1.165, 1.54) is 4.90 Å². The predicted molar refractivity (Wildman–Crippen MR) is 216 cm³/mol. The summed E-state index contributed by atoms with van der Waals surface area (Å²) in [5.74, 6) is -7.17. The summed E-state index contributed by atoms with van der Waals surface area (Å²) in [6.45, 7) is 5.03. The summed E-state index contributed by atoms with van der Waals surface area (Å²) >= 11 is 0. The number of hydrogen-bond acceptors (Lipinski definition) is 19. The number of hydrogen-bond donors (Lipinski definition) is 3. The molecule has 0 aromatic heterocycles. The molecule has 5 atom stereocenters. The van der Waals surface area contributed by atoms with Crippen LogP contribution in [0, 0.1) is 48.1 Å². The number of carbonyl (C=O) groups is 7. The first kappa shape index (κ1) is 46.2. The minimum Gasteiger partial charge on any atom is -0.390 e. The maximum atomic E-state index is 13.7. The van der Waals surface area contributed by atoms with Gasteiger partial charge in [-0.25, -0.2) is 33.8 Å². The van der Waals surface area contributed by atoms with Crippen molar-refractivity contribution in [2.45, 2.75) is 39.0 Å². The number of β-lactam (4-membered cyclic amide) rings is 1. The standard InChI is InChI=1S/C40H36N8O17/c1-19(2)30-31-20(3)27(32(45(31)33(30)50)37(54)63-34(51)21-4-10-24(11-5-21)46(57)58)16-44-17-28(29(49)18-44)41-38(42-39(55)64-35(52)22-6-12-25(13-7-22)47(59)60)43-40(56)65-36(53)23-8-14-26(15-9-23)48(61)62/h4-15,19-20,28-31,49H,16-18H2,1-3H3,(H2,41,42,43,55,56)/t20-,28+,29+,30+,31+/m0/s1. The van der Waals surface area contributed by atoms with Gasteiger partial charge in [0.1, 0.15) is 5.70 Å². The number of ether oxygens (including phenoxy) is 3. The largest absolute Gasteiger partial charge is 0.421 e. The lowest BCUT2D eigenvalue weighted by molar-refractivity contribution is -0.385. The Morgan fingerprint density at radius 3 is 1.52 bits per heavy atom. The number of alkyl carbamates (subject to hydrolysis) is 2. The van der Waals surface area contributed by atoms with Crippen molar-refractivity contribution in [3.8, 4) is 0 Å². The number of nitrogens with one attached hydrogen (secondary N) is 2. The second-order valence-corrected chi connectivity index (χ2v) is 15.1. The molecular formula is C40H36N8O17. The third-order valence-electron chi connectivity index (χ3n) is 10.7. The van der Waals surface area contributed by atoms with Crippen LogP contribution in [0.15, 0.2) is 89.1 Å². The molecule has 0 aliphatic carbocycles. The van der Waals surface area contributed by atoms with E-state index in [-0.39, 0.29) is 70.9 Å². The van der Waals surface area contributed by atoms with Gasteiger partial charge < -0.3 is 24.2 Å². The fourth-order valence-electron chi connectivity index (χ4n) is 7.52. The van der Waals surface area contributed by atoms with Crippen molar-refractivity contribution in [2.75, 3.05) is 19.6 Å². The molecule has 65 heavy (non-hydrogen) atoms. The van der Waals surface area contributed by atoms with Crippen LogP contribution in [0.1, 0.15) is 51.8 Å². The topological polar surface area (TPSA) is 340 Å². The molecule has 3 aliphatic rings. The van der Waals surface area contributed by atoms with Crippen LogP contribution < -0.4 is 10.6 Å². The highest BCUT2D eigenvalue weighted by molar-refractivity contribution is 6.08. The summed E-state index contributed by atoms with van der Waals surface area (Å²) in [7, 11) is 0. The highest BCUT2D eigenvalue weighted by Gasteiger charge is 2.59. The van der Waals surface area contributed by atoms with Gasteiger partial charge in [0.05, 0.1) is 55.6 Å². The monoisotopic (exact) mass is 900 g/mol. The van der Waals surface area contributed by atoms with Crippen molar-refractivity contribution in [3.63, 3.8) is 0 Å². The molecule has 0 unspecified atom stereocenters. The molecule has 25 nitrogen and oxygen atoms in total. The number of amides is 3. The number of guanidine groups is 1. The van der Waals surface area contributed by atoms with Crippen LogP contribution >= 0.6 is 0 Å². The Morgan fingerprint density at radius 1 is 0.708 bits per heavy atom. The van der Waals surface area contributed by atoms with Gasteiger partial charge in [-0.1, -0.05) is 20.8 Å². The Kier molecular flexibility index (Phi) is 13.5. The van der Waals surface area contributed by atoms with E-state index in [4.69, 9.17) is 14.2 Å². The van der Waals surface area contributed by atoms with Crippen molar-refractivity contribution in [2.24, 2.45) is 22.7 Å². The van der Waals surface area contributed by atoms with Crippen LogP contribution in [0.5, 0.6) is 0 Å². The number of benzene rings is 3. The van der Waals surface area contributed by atoms with Gasteiger partial charge in [0.2, 0.25) is 11.9 Å². The van der Waals surface area contributed by atoms with E-state index in [1.807, 2.05) is 24.5 Å². The van der Waals surface area contributed by atoms with Gasteiger partial charge in [0.15, 0.2) is 0 Å². The highest BCUT2D eigenvalue weighted by Crippen LogP contribution is 2.49. The maximum Gasteiger partial charge on any atom is 0.421 e. The number of nitro groups is 3. The zero-order chi connectivity index (χ0) is 47.4. The Bertz CT molecular complexity index is 2470. The first-order chi connectivity index (χ1) is 30.7. The van der Waals surface area contributed by atoms with Crippen LogP contribution in [-0.2, 0) is 23.8 Å².